The number of rotatable bonds is 13. The Hall–Kier alpha value is -1.91. The second kappa shape index (κ2) is 12.5. The lowest BCUT2D eigenvalue weighted by molar-refractivity contribution is -0.404. The van der Waals surface area contributed by atoms with Crippen LogP contribution in [-0.2, 0) is 11.5 Å². The van der Waals surface area contributed by atoms with Crippen LogP contribution in [0.2, 0.25) is 5.02 Å². The Morgan fingerprint density at radius 1 is 1.32 bits per heavy atom. The molecule has 0 aliphatic heterocycles. The van der Waals surface area contributed by atoms with Gasteiger partial charge in [-0.05, 0) is 19.1 Å². The van der Waals surface area contributed by atoms with E-state index in [4.69, 9.17) is 16.1 Å². The first-order chi connectivity index (χ1) is 13.5. The van der Waals surface area contributed by atoms with E-state index < -0.39 is 4.92 Å². The SMILES string of the molecule is Cc1cc(CSCCN/C(=C\[N+](=O)[O-])NCCSCc2ncccc2Cl)no1. The smallest absolute Gasteiger partial charge is 0.274 e. The molecule has 152 valence electrons. The van der Waals surface area contributed by atoms with E-state index in [0.29, 0.717) is 29.7 Å². The Labute approximate surface area is 177 Å². The summed E-state index contributed by atoms with van der Waals surface area (Å²) < 4.78 is 5.02. The number of nitrogens with zero attached hydrogens (tertiary/aromatic N) is 3. The van der Waals surface area contributed by atoms with Crippen LogP contribution in [0.3, 0.4) is 0 Å². The summed E-state index contributed by atoms with van der Waals surface area (Å²) in [5.41, 5.74) is 1.74. The van der Waals surface area contributed by atoms with Crippen LogP contribution in [0, 0.1) is 17.0 Å². The maximum Gasteiger partial charge on any atom is 0.274 e. The average molecular weight is 444 g/mol. The summed E-state index contributed by atoms with van der Waals surface area (Å²) in [6, 6.07) is 5.51. The number of thioether (sulfide) groups is 2. The third-order valence-electron chi connectivity index (χ3n) is 3.36. The summed E-state index contributed by atoms with van der Waals surface area (Å²) in [5.74, 6) is 4.19. The molecule has 2 N–H and O–H groups in total. The number of halogens is 1. The largest absolute Gasteiger partial charge is 0.366 e. The van der Waals surface area contributed by atoms with E-state index in [1.807, 2.05) is 19.1 Å². The molecule has 0 spiro atoms. The van der Waals surface area contributed by atoms with E-state index in [9.17, 15) is 10.1 Å². The van der Waals surface area contributed by atoms with Crippen LogP contribution >= 0.6 is 35.1 Å². The van der Waals surface area contributed by atoms with Crippen molar-refractivity contribution in [2.75, 3.05) is 24.6 Å². The highest BCUT2D eigenvalue weighted by molar-refractivity contribution is 7.98. The normalized spacial score (nSPS) is 11.4. The van der Waals surface area contributed by atoms with Crippen molar-refractivity contribution < 1.29 is 9.45 Å². The number of aryl methyl sites for hydroxylation is 1. The Morgan fingerprint density at radius 2 is 2.04 bits per heavy atom. The molecule has 8 nitrogen and oxygen atoms in total. The molecule has 0 amide bonds. The van der Waals surface area contributed by atoms with Crippen LogP contribution in [0.5, 0.6) is 0 Å². The molecule has 0 saturated carbocycles. The third kappa shape index (κ3) is 8.85. The summed E-state index contributed by atoms with van der Waals surface area (Å²) in [5, 5.41) is 21.5. The van der Waals surface area contributed by atoms with Gasteiger partial charge in [0.2, 0.25) is 0 Å². The molecule has 2 aromatic heterocycles. The quantitative estimate of drug-likeness (QED) is 0.273. The van der Waals surface area contributed by atoms with Gasteiger partial charge in [-0.15, -0.1) is 0 Å². The van der Waals surface area contributed by atoms with Crippen molar-refractivity contribution in [2.45, 2.75) is 18.4 Å². The zero-order valence-electron chi connectivity index (χ0n) is 15.4. The first-order valence-corrected chi connectivity index (χ1v) is 11.2. The molecule has 0 radical (unpaired) electrons. The highest BCUT2D eigenvalue weighted by Crippen LogP contribution is 2.18. The molecule has 2 aromatic rings. The van der Waals surface area contributed by atoms with Gasteiger partial charge in [-0.25, -0.2) is 0 Å². The van der Waals surface area contributed by atoms with Crippen LogP contribution in [0.25, 0.3) is 0 Å². The third-order valence-corrected chi connectivity index (χ3v) is 5.67. The van der Waals surface area contributed by atoms with Gasteiger partial charge in [0, 0.05) is 48.4 Å². The molecule has 0 saturated heterocycles. The molecule has 11 heteroatoms. The van der Waals surface area contributed by atoms with Gasteiger partial charge in [-0.3, -0.25) is 15.1 Å². The van der Waals surface area contributed by atoms with Crippen molar-refractivity contribution in [3.63, 3.8) is 0 Å². The second-order valence-electron chi connectivity index (χ2n) is 5.65. The topological polar surface area (TPSA) is 106 Å². The molecule has 0 aliphatic rings. The Kier molecular flexibility index (Phi) is 10.0. The minimum absolute atomic E-state index is 0.402. The predicted molar refractivity (Wildman–Crippen MR) is 114 cm³/mol. The van der Waals surface area contributed by atoms with Crippen LogP contribution in [-0.4, -0.2) is 39.7 Å². The molecule has 0 aliphatic carbocycles. The van der Waals surface area contributed by atoms with Crippen molar-refractivity contribution in [3.8, 4) is 0 Å². The Morgan fingerprint density at radius 3 is 2.64 bits per heavy atom. The van der Waals surface area contributed by atoms with Crippen molar-refractivity contribution in [2.24, 2.45) is 0 Å². The molecule has 0 unspecified atom stereocenters. The van der Waals surface area contributed by atoms with E-state index in [0.717, 1.165) is 40.6 Å². The van der Waals surface area contributed by atoms with Gasteiger partial charge >= 0.3 is 0 Å². The molecule has 2 rings (SSSR count). The number of pyridine rings is 1. The maximum atomic E-state index is 10.8. The van der Waals surface area contributed by atoms with Crippen molar-refractivity contribution in [1.82, 2.24) is 20.8 Å². The summed E-state index contributed by atoms with van der Waals surface area (Å²) in [4.78, 5) is 14.6. The molecule has 0 fully saturated rings. The first kappa shape index (κ1) is 22.4. The number of nitrogens with one attached hydrogen (secondary N) is 2. The van der Waals surface area contributed by atoms with E-state index in [-0.39, 0.29) is 0 Å². The molecule has 28 heavy (non-hydrogen) atoms. The summed E-state index contributed by atoms with van der Waals surface area (Å²) in [6.07, 6.45) is 2.66. The highest BCUT2D eigenvalue weighted by atomic mass is 35.5. The highest BCUT2D eigenvalue weighted by Gasteiger charge is 2.05. The monoisotopic (exact) mass is 443 g/mol. The van der Waals surface area contributed by atoms with Crippen molar-refractivity contribution >= 4 is 35.1 Å². The van der Waals surface area contributed by atoms with Gasteiger partial charge in [0.05, 0.1) is 21.3 Å². The van der Waals surface area contributed by atoms with Crippen LogP contribution in [0.4, 0.5) is 0 Å². The summed E-state index contributed by atoms with van der Waals surface area (Å²) in [7, 11) is 0. The molecular weight excluding hydrogens is 422 g/mol. The molecular formula is C17H22ClN5O3S2. The Bertz CT molecular complexity index is 788. The fourth-order valence-corrected chi connectivity index (χ4v) is 3.95. The molecule has 0 bridgehead atoms. The van der Waals surface area contributed by atoms with Gasteiger partial charge in [-0.2, -0.15) is 23.5 Å². The lowest BCUT2D eigenvalue weighted by Gasteiger charge is -2.11. The first-order valence-electron chi connectivity index (χ1n) is 8.54. The molecule has 2 heterocycles. The molecule has 0 atom stereocenters. The second-order valence-corrected chi connectivity index (χ2v) is 8.27. The van der Waals surface area contributed by atoms with Crippen LogP contribution < -0.4 is 10.6 Å². The fourth-order valence-electron chi connectivity index (χ4n) is 2.13. The van der Waals surface area contributed by atoms with E-state index in [1.165, 1.54) is 0 Å². The van der Waals surface area contributed by atoms with Crippen molar-refractivity contribution in [1.29, 1.82) is 0 Å². The number of hydrogen-bond acceptors (Lipinski definition) is 9. The summed E-state index contributed by atoms with van der Waals surface area (Å²) >= 11 is 9.41. The van der Waals surface area contributed by atoms with Gasteiger partial charge in [0.15, 0.2) is 5.82 Å². The van der Waals surface area contributed by atoms with Crippen LogP contribution in [0.15, 0.2) is 40.9 Å². The number of hydrogen-bond donors (Lipinski definition) is 2. The number of nitro groups is 1. The van der Waals surface area contributed by atoms with Crippen LogP contribution in [0.1, 0.15) is 17.1 Å². The zero-order chi connectivity index (χ0) is 20.2. The summed E-state index contributed by atoms with van der Waals surface area (Å²) in [6.45, 7) is 3.05. The maximum absolute atomic E-state index is 10.8. The zero-order valence-corrected chi connectivity index (χ0v) is 17.8. The van der Waals surface area contributed by atoms with E-state index >= 15 is 0 Å². The van der Waals surface area contributed by atoms with Gasteiger partial charge in [0.1, 0.15) is 5.76 Å². The lowest BCUT2D eigenvalue weighted by atomic mass is 10.4. The van der Waals surface area contributed by atoms with Gasteiger partial charge < -0.3 is 15.2 Å². The minimum atomic E-state index is -0.471. The Balaban J connectivity index is 1.62. The number of aromatic nitrogens is 2. The minimum Gasteiger partial charge on any atom is -0.366 e. The predicted octanol–water partition coefficient (Wildman–Crippen LogP) is 3.45. The van der Waals surface area contributed by atoms with Crippen molar-refractivity contribution in [3.05, 3.63) is 68.7 Å². The van der Waals surface area contributed by atoms with Gasteiger partial charge in [0.25, 0.3) is 6.20 Å². The average Bonchev–Trinajstić information content (AvgIpc) is 3.07. The van der Waals surface area contributed by atoms with E-state index in [1.54, 1.807) is 35.8 Å². The standard InChI is InChI=1S/C17H22ClN5O3S2/c1-13-9-14(22-26-13)11-27-7-5-20-17(10-23(24)25)21-6-8-28-12-16-15(18)3-2-4-19-16/h2-4,9-10,20-21H,5-8,11-12H2,1H3/b17-10+. The lowest BCUT2D eigenvalue weighted by Crippen LogP contribution is -2.30. The van der Waals surface area contributed by atoms with E-state index in [2.05, 4.69) is 20.8 Å². The fraction of sp³-hybridized carbons (Fsp3) is 0.412. The molecule has 0 aromatic carbocycles. The van der Waals surface area contributed by atoms with Gasteiger partial charge in [-0.1, -0.05) is 16.8 Å².